The van der Waals surface area contributed by atoms with Crippen LogP contribution in [0.25, 0.3) is 10.9 Å². The van der Waals surface area contributed by atoms with Crippen molar-refractivity contribution in [2.24, 2.45) is 0 Å². The second kappa shape index (κ2) is 7.82. The zero-order chi connectivity index (χ0) is 17.3. The van der Waals surface area contributed by atoms with Crippen molar-refractivity contribution in [2.45, 2.75) is 4.90 Å². The van der Waals surface area contributed by atoms with Crippen LogP contribution in [0, 0.1) is 7.14 Å². The number of benzene rings is 3. The molecule has 0 N–H and O–H groups in total. The van der Waals surface area contributed by atoms with E-state index >= 15 is 0 Å². The molecule has 4 aromatic rings. The Hall–Kier alpha value is -1.83. The summed E-state index contributed by atoms with van der Waals surface area (Å²) < 4.78 is 30.0. The topological polar surface area (TPSA) is 39.1 Å². The molecule has 0 saturated heterocycles. The molecule has 0 spiro atoms. The summed E-state index contributed by atoms with van der Waals surface area (Å²) in [5.74, 6) is 0. The molecule has 0 aliphatic carbocycles. The van der Waals surface area contributed by atoms with Gasteiger partial charge in [-0.15, -0.1) is 0 Å². The third kappa shape index (κ3) is 3.51. The molecule has 0 unspecified atom stereocenters. The van der Waals surface area contributed by atoms with Crippen LogP contribution in [-0.4, -0.2) is 12.4 Å². The molecule has 0 amide bonds. The first kappa shape index (κ1) is 18.9. The Balaban J connectivity index is 0.00000196. The standard InChI is InChI=1S/C20H15INO2S.ClH/c23-25(24,17-11-5-2-6-12-17)22-15-19(18-13-7-8-14-20(18)22)21-16-9-3-1-4-10-16;/h1-15H;1H/q+1;/p-1. The highest BCUT2D eigenvalue weighted by Gasteiger charge is 2.27. The van der Waals surface area contributed by atoms with E-state index < -0.39 is 31.2 Å². The predicted molar refractivity (Wildman–Crippen MR) is 94.8 cm³/mol. The first-order chi connectivity index (χ1) is 12.2. The summed E-state index contributed by atoms with van der Waals surface area (Å²) in [4.78, 5) is 0.306. The zero-order valence-electron chi connectivity index (χ0n) is 13.6. The maximum atomic E-state index is 13.1. The van der Waals surface area contributed by atoms with Gasteiger partial charge in [0.25, 0.3) is 10.0 Å². The maximum Gasteiger partial charge on any atom is 0.360 e. The van der Waals surface area contributed by atoms with E-state index in [4.69, 9.17) is 0 Å². The summed E-state index contributed by atoms with van der Waals surface area (Å²) in [5.41, 5.74) is 0.733. The van der Waals surface area contributed by atoms with Crippen molar-refractivity contribution >= 4 is 20.9 Å². The molecule has 4 rings (SSSR count). The van der Waals surface area contributed by atoms with E-state index in [2.05, 4.69) is 12.1 Å². The number of aromatic nitrogens is 1. The number of halogens is 2. The van der Waals surface area contributed by atoms with Crippen molar-refractivity contribution in [2.75, 3.05) is 0 Å². The summed E-state index contributed by atoms with van der Waals surface area (Å²) in [5, 5.41) is 1.01. The van der Waals surface area contributed by atoms with Crippen LogP contribution in [0.2, 0.25) is 0 Å². The van der Waals surface area contributed by atoms with Gasteiger partial charge in [0.05, 0.1) is 22.0 Å². The second-order valence-electron chi connectivity index (χ2n) is 5.50. The highest BCUT2D eigenvalue weighted by Crippen LogP contribution is 2.22. The summed E-state index contributed by atoms with van der Waals surface area (Å²) in [7, 11) is -3.60. The quantitative estimate of drug-likeness (QED) is 0.308. The fourth-order valence-corrected chi connectivity index (χ4v) is 6.87. The van der Waals surface area contributed by atoms with Crippen molar-refractivity contribution in [1.29, 1.82) is 0 Å². The van der Waals surface area contributed by atoms with E-state index in [-0.39, 0.29) is 12.4 Å². The summed E-state index contributed by atoms with van der Waals surface area (Å²) in [6.45, 7) is 0. The molecule has 3 aromatic carbocycles. The van der Waals surface area contributed by atoms with Gasteiger partial charge < -0.3 is 12.4 Å². The van der Waals surface area contributed by atoms with Gasteiger partial charge in [-0.1, -0.05) is 48.5 Å². The number of fused-ring (bicyclic) bond motifs is 1. The molecule has 0 fully saturated rings. The van der Waals surface area contributed by atoms with E-state index in [0.717, 1.165) is 14.5 Å². The molecule has 1 heterocycles. The van der Waals surface area contributed by atoms with Gasteiger partial charge in [-0.2, -0.15) is 0 Å². The van der Waals surface area contributed by atoms with E-state index in [1.165, 1.54) is 7.54 Å². The lowest BCUT2D eigenvalue weighted by Crippen LogP contribution is -3.61. The van der Waals surface area contributed by atoms with Crippen molar-refractivity contribution in [3.8, 4) is 0 Å². The van der Waals surface area contributed by atoms with Crippen LogP contribution in [0.15, 0.2) is 96.0 Å². The van der Waals surface area contributed by atoms with Gasteiger partial charge in [-0.25, -0.2) is 12.4 Å². The third-order valence-electron chi connectivity index (χ3n) is 3.87. The second-order valence-corrected chi connectivity index (χ2v) is 10.3. The van der Waals surface area contributed by atoms with Crippen LogP contribution in [0.4, 0.5) is 0 Å². The third-order valence-corrected chi connectivity index (χ3v) is 8.34. The van der Waals surface area contributed by atoms with Crippen LogP contribution in [-0.2, 0) is 10.0 Å². The molecular weight excluding hydrogens is 481 g/mol. The molecule has 0 radical (unpaired) electrons. The number of rotatable bonds is 4. The summed E-state index contributed by atoms with van der Waals surface area (Å²) >= 11 is -0.456. The van der Waals surface area contributed by atoms with Crippen LogP contribution in [0.3, 0.4) is 0 Å². The minimum absolute atomic E-state index is 0. The number of para-hydroxylation sites is 1. The largest absolute Gasteiger partial charge is 1.00 e. The average Bonchev–Trinajstić information content (AvgIpc) is 3.03. The molecular formula is C20H15ClINO2S. The SMILES string of the molecule is O=S(=O)(c1ccccc1)n1cc([I+]c2ccccc2)c2ccccc21.[Cl-]. The molecule has 1 aromatic heterocycles. The molecule has 0 aliphatic rings. The van der Waals surface area contributed by atoms with Gasteiger partial charge in [0.2, 0.25) is 3.57 Å². The molecule has 132 valence electrons. The van der Waals surface area contributed by atoms with E-state index in [9.17, 15) is 8.42 Å². The zero-order valence-corrected chi connectivity index (χ0v) is 17.3. The molecule has 0 atom stereocenters. The lowest BCUT2D eigenvalue weighted by Gasteiger charge is -2.06. The monoisotopic (exact) mass is 495 g/mol. The van der Waals surface area contributed by atoms with Gasteiger partial charge in [0.1, 0.15) is 0 Å². The van der Waals surface area contributed by atoms with Crippen LogP contribution in [0.1, 0.15) is 0 Å². The fourth-order valence-electron chi connectivity index (χ4n) is 2.69. The minimum Gasteiger partial charge on any atom is -1.00 e. The molecule has 0 bridgehead atoms. The Kier molecular flexibility index (Phi) is 5.70. The van der Waals surface area contributed by atoms with Gasteiger partial charge >= 0.3 is 21.2 Å². The van der Waals surface area contributed by atoms with Gasteiger partial charge in [-0.3, -0.25) is 0 Å². The molecule has 26 heavy (non-hydrogen) atoms. The minimum atomic E-state index is -3.60. The Morgan fingerprint density at radius 3 is 2.00 bits per heavy atom. The van der Waals surface area contributed by atoms with Crippen molar-refractivity contribution < 1.29 is 42.0 Å². The van der Waals surface area contributed by atoms with Crippen molar-refractivity contribution in [3.63, 3.8) is 0 Å². The number of hydrogen-bond donors (Lipinski definition) is 0. The lowest BCUT2D eigenvalue weighted by atomic mass is 10.3. The van der Waals surface area contributed by atoms with E-state index in [1.807, 2.05) is 48.5 Å². The van der Waals surface area contributed by atoms with Crippen LogP contribution >= 0.6 is 0 Å². The molecule has 6 heteroatoms. The average molecular weight is 496 g/mol. The van der Waals surface area contributed by atoms with E-state index in [1.54, 1.807) is 30.5 Å². The normalized spacial score (nSPS) is 11.2. The highest BCUT2D eigenvalue weighted by molar-refractivity contribution is 7.90. The Bertz CT molecular complexity index is 1130. The molecule has 3 nitrogen and oxygen atoms in total. The fraction of sp³-hybridized carbons (Fsp3) is 0. The highest BCUT2D eigenvalue weighted by atomic mass is 127. The van der Waals surface area contributed by atoms with Crippen LogP contribution < -0.4 is 33.6 Å². The first-order valence-corrected chi connectivity index (χ1v) is 11.4. The maximum absolute atomic E-state index is 13.1. The summed E-state index contributed by atoms with van der Waals surface area (Å²) in [6.07, 6.45) is 1.80. The Morgan fingerprint density at radius 1 is 0.731 bits per heavy atom. The van der Waals surface area contributed by atoms with Gasteiger partial charge in [-0.05, 0) is 36.4 Å². The summed E-state index contributed by atoms with van der Waals surface area (Å²) in [6, 6.07) is 26.5. The van der Waals surface area contributed by atoms with Crippen LogP contribution in [0.5, 0.6) is 0 Å². The smallest absolute Gasteiger partial charge is 0.360 e. The van der Waals surface area contributed by atoms with Crippen molar-refractivity contribution in [1.82, 2.24) is 3.97 Å². The molecule has 0 aliphatic heterocycles. The van der Waals surface area contributed by atoms with Gasteiger partial charge in [0, 0.05) is 0 Å². The first-order valence-electron chi connectivity index (χ1n) is 7.77. The predicted octanol–water partition coefficient (Wildman–Crippen LogP) is -1.99. The van der Waals surface area contributed by atoms with Crippen molar-refractivity contribution in [3.05, 3.63) is 98.3 Å². The Morgan fingerprint density at radius 2 is 1.31 bits per heavy atom. The van der Waals surface area contributed by atoms with Gasteiger partial charge in [0.15, 0.2) is 3.57 Å². The number of hydrogen-bond acceptors (Lipinski definition) is 2. The molecule has 0 saturated carbocycles. The Labute approximate surface area is 169 Å². The lowest BCUT2D eigenvalue weighted by molar-refractivity contribution is -0.595. The number of nitrogens with zero attached hydrogens (tertiary/aromatic N) is 1. The van der Waals surface area contributed by atoms with E-state index in [0.29, 0.717) is 4.90 Å².